The summed E-state index contributed by atoms with van der Waals surface area (Å²) in [6, 6.07) is 16.7. The minimum Gasteiger partial charge on any atom is -0.384 e. The summed E-state index contributed by atoms with van der Waals surface area (Å²) in [6.45, 7) is 10.9. The Morgan fingerprint density at radius 3 is 2.40 bits per heavy atom. The van der Waals surface area contributed by atoms with Crippen molar-refractivity contribution in [3.63, 3.8) is 0 Å². The standard InChI is InChI=1S/C46H49N11O6/c1-3-20-55-42(60)33-27-47-45(51-40(33)57(55)36-14-8-28-16-19-46(63,4-2)39(28)49-36)48-29-9-11-30(12-10-29)52-21-17-31(18-22-52)53-23-25-54(26-24-53)34-7-5-6-32-38(34)44(62)56(43(32)61)35-13-15-37(58)50-41(35)59/h3,5-12,14,27,31,35,63H,1,4,13,15-26H2,2H3,(H,47,48,51)(H,50,58,59)/t35?,46-/m1/s1. The molecule has 3 aromatic heterocycles. The number of benzene rings is 2. The summed E-state index contributed by atoms with van der Waals surface area (Å²) in [7, 11) is 0. The molecule has 5 aliphatic rings. The smallest absolute Gasteiger partial charge is 0.278 e. The Morgan fingerprint density at radius 2 is 1.67 bits per heavy atom. The molecule has 0 spiro atoms. The Balaban J connectivity index is 0.773. The van der Waals surface area contributed by atoms with Crippen molar-refractivity contribution in [2.24, 2.45) is 0 Å². The second-order valence-electron chi connectivity index (χ2n) is 17.0. The first-order valence-electron chi connectivity index (χ1n) is 21.8. The van der Waals surface area contributed by atoms with Crippen molar-refractivity contribution in [2.75, 3.05) is 54.4 Å². The van der Waals surface area contributed by atoms with Gasteiger partial charge in [0, 0.05) is 69.3 Å². The fourth-order valence-corrected chi connectivity index (χ4v) is 10.1. The number of nitrogens with zero attached hydrogens (tertiary/aromatic N) is 9. The third-order valence-corrected chi connectivity index (χ3v) is 13.6. The molecule has 324 valence electrons. The molecular formula is C46H49N11O6. The van der Waals surface area contributed by atoms with E-state index < -0.39 is 35.3 Å². The number of aliphatic hydroxyl groups is 1. The summed E-state index contributed by atoms with van der Waals surface area (Å²) in [4.78, 5) is 87.3. The number of amides is 4. The van der Waals surface area contributed by atoms with Crippen molar-refractivity contribution in [3.05, 3.63) is 106 Å². The number of allylic oxidation sites excluding steroid dienone is 1. The van der Waals surface area contributed by atoms with E-state index in [4.69, 9.17) is 9.97 Å². The summed E-state index contributed by atoms with van der Waals surface area (Å²) in [5.74, 6) is -1.16. The lowest BCUT2D eigenvalue weighted by molar-refractivity contribution is -0.136. The van der Waals surface area contributed by atoms with E-state index in [1.165, 1.54) is 10.9 Å². The van der Waals surface area contributed by atoms with Crippen LogP contribution in [0.3, 0.4) is 0 Å². The molecule has 3 fully saturated rings. The Kier molecular flexibility index (Phi) is 10.2. The summed E-state index contributed by atoms with van der Waals surface area (Å²) >= 11 is 0. The van der Waals surface area contributed by atoms with Crippen molar-refractivity contribution in [3.8, 4) is 5.82 Å². The van der Waals surface area contributed by atoms with Gasteiger partial charge < -0.3 is 20.2 Å². The summed E-state index contributed by atoms with van der Waals surface area (Å²) in [6.07, 6.45) is 7.31. The summed E-state index contributed by atoms with van der Waals surface area (Å²) in [5.41, 5.74) is 4.06. The molecule has 4 aliphatic heterocycles. The fraction of sp³-hybridized carbons (Fsp3) is 0.391. The number of imide groups is 2. The first-order chi connectivity index (χ1) is 30.5. The topological polar surface area (TPSA) is 191 Å². The maximum Gasteiger partial charge on any atom is 0.278 e. The summed E-state index contributed by atoms with van der Waals surface area (Å²) in [5, 5.41) is 17.2. The molecule has 17 nitrogen and oxygen atoms in total. The highest BCUT2D eigenvalue weighted by Crippen LogP contribution is 2.39. The molecule has 5 aromatic rings. The number of piperidine rings is 2. The van der Waals surface area contributed by atoms with E-state index in [2.05, 4.69) is 49.0 Å². The molecular weight excluding hydrogens is 803 g/mol. The van der Waals surface area contributed by atoms with Crippen molar-refractivity contribution in [2.45, 2.75) is 76.1 Å². The third kappa shape index (κ3) is 6.95. The third-order valence-electron chi connectivity index (χ3n) is 13.6. The van der Waals surface area contributed by atoms with Crippen LogP contribution in [0.5, 0.6) is 0 Å². The predicted molar refractivity (Wildman–Crippen MR) is 235 cm³/mol. The minimum absolute atomic E-state index is 0.0817. The minimum atomic E-state index is -1.01. The molecule has 4 amide bonds. The predicted octanol–water partition coefficient (Wildman–Crippen LogP) is 3.64. The highest BCUT2D eigenvalue weighted by atomic mass is 16.3. The largest absolute Gasteiger partial charge is 0.384 e. The Bertz CT molecular complexity index is 2750. The number of pyridine rings is 1. The zero-order valence-electron chi connectivity index (χ0n) is 35.1. The monoisotopic (exact) mass is 851 g/mol. The van der Waals surface area contributed by atoms with Crippen molar-refractivity contribution >= 4 is 57.7 Å². The van der Waals surface area contributed by atoms with Crippen LogP contribution in [0.2, 0.25) is 0 Å². The number of anilines is 4. The van der Waals surface area contributed by atoms with E-state index in [1.807, 2.05) is 37.3 Å². The van der Waals surface area contributed by atoms with Gasteiger partial charge in [0.15, 0.2) is 11.5 Å². The number of aromatic nitrogens is 5. The Hall–Kier alpha value is -6.72. The van der Waals surface area contributed by atoms with E-state index >= 15 is 0 Å². The SMILES string of the molecule is C=CCn1c(=O)c2cnc(Nc3ccc(N4CCC(N5CCN(c6cccc7c6C(=O)N(C6CCC(=O)NC6=O)C7=O)CC5)CC4)cc3)nc2n1-c1ccc2c(n1)[C@@](O)(CC)CC2. The molecule has 0 radical (unpaired) electrons. The van der Waals surface area contributed by atoms with Gasteiger partial charge in [0.2, 0.25) is 17.8 Å². The lowest BCUT2D eigenvalue weighted by Gasteiger charge is -2.44. The van der Waals surface area contributed by atoms with Gasteiger partial charge in [0.1, 0.15) is 17.0 Å². The van der Waals surface area contributed by atoms with Gasteiger partial charge in [-0.2, -0.15) is 4.98 Å². The first kappa shape index (κ1) is 40.4. The van der Waals surface area contributed by atoms with E-state index in [1.54, 1.807) is 22.9 Å². The number of aryl methyl sites for hydroxylation is 1. The molecule has 0 saturated carbocycles. The number of piperazine rings is 1. The molecule has 17 heteroatoms. The van der Waals surface area contributed by atoms with Crippen LogP contribution in [0.4, 0.5) is 23.0 Å². The number of nitrogens with one attached hydrogen (secondary N) is 2. The van der Waals surface area contributed by atoms with Crippen LogP contribution in [0, 0.1) is 0 Å². The number of carbonyl (C=O) groups is 4. The molecule has 10 rings (SSSR count). The van der Waals surface area contributed by atoms with E-state index in [0.29, 0.717) is 77.3 Å². The van der Waals surface area contributed by atoms with Gasteiger partial charge in [-0.1, -0.05) is 25.1 Å². The van der Waals surface area contributed by atoms with Crippen LogP contribution in [0.1, 0.15) is 77.4 Å². The van der Waals surface area contributed by atoms with Gasteiger partial charge in [-0.05, 0) is 86.6 Å². The molecule has 1 unspecified atom stereocenters. The van der Waals surface area contributed by atoms with Gasteiger partial charge in [-0.3, -0.25) is 39.1 Å². The van der Waals surface area contributed by atoms with Crippen LogP contribution in [0.15, 0.2) is 78.2 Å². The van der Waals surface area contributed by atoms with Gasteiger partial charge in [-0.25, -0.2) is 19.3 Å². The Morgan fingerprint density at radius 1 is 0.889 bits per heavy atom. The lowest BCUT2D eigenvalue weighted by atomic mass is 9.98. The van der Waals surface area contributed by atoms with Crippen molar-refractivity contribution in [1.29, 1.82) is 0 Å². The van der Waals surface area contributed by atoms with Crippen LogP contribution < -0.4 is 26.0 Å². The van der Waals surface area contributed by atoms with Crippen LogP contribution in [-0.2, 0) is 28.2 Å². The molecule has 3 N–H and O–H groups in total. The molecule has 2 atom stereocenters. The maximum absolute atomic E-state index is 13.7. The molecule has 7 heterocycles. The van der Waals surface area contributed by atoms with Crippen molar-refractivity contribution < 1.29 is 24.3 Å². The normalized spacial score (nSPS) is 21.9. The zero-order chi connectivity index (χ0) is 43.6. The number of hydrogen-bond donors (Lipinski definition) is 3. The number of carbonyl (C=O) groups excluding carboxylic acids is 4. The first-order valence-corrected chi connectivity index (χ1v) is 21.8. The average Bonchev–Trinajstić information content (AvgIpc) is 3.88. The van der Waals surface area contributed by atoms with Gasteiger partial charge in [0.25, 0.3) is 17.4 Å². The fourth-order valence-electron chi connectivity index (χ4n) is 10.1. The van der Waals surface area contributed by atoms with Gasteiger partial charge in [0.05, 0.1) is 29.1 Å². The van der Waals surface area contributed by atoms with Gasteiger partial charge >= 0.3 is 0 Å². The lowest BCUT2D eigenvalue weighted by Crippen LogP contribution is -2.54. The second-order valence-corrected chi connectivity index (χ2v) is 17.0. The molecule has 0 bridgehead atoms. The molecule has 2 aromatic carbocycles. The molecule has 3 saturated heterocycles. The average molecular weight is 852 g/mol. The highest BCUT2D eigenvalue weighted by molar-refractivity contribution is 6.25. The molecule has 63 heavy (non-hydrogen) atoms. The Labute approximate surface area is 363 Å². The van der Waals surface area contributed by atoms with E-state index in [-0.39, 0.29) is 24.9 Å². The van der Waals surface area contributed by atoms with Gasteiger partial charge in [-0.15, -0.1) is 6.58 Å². The summed E-state index contributed by atoms with van der Waals surface area (Å²) < 4.78 is 3.22. The quantitative estimate of drug-likeness (QED) is 0.137. The number of hydrogen-bond acceptors (Lipinski definition) is 13. The zero-order valence-corrected chi connectivity index (χ0v) is 35.1. The van der Waals surface area contributed by atoms with Crippen molar-refractivity contribution in [1.82, 2.24) is 39.4 Å². The number of fused-ring (bicyclic) bond motifs is 3. The van der Waals surface area contributed by atoms with Crippen LogP contribution in [0.25, 0.3) is 16.9 Å². The molecule has 1 aliphatic carbocycles. The second kappa shape index (κ2) is 15.9. The van der Waals surface area contributed by atoms with E-state index in [9.17, 15) is 29.1 Å². The maximum atomic E-state index is 13.7. The van der Waals surface area contributed by atoms with Crippen LogP contribution >= 0.6 is 0 Å². The highest BCUT2D eigenvalue weighted by Gasteiger charge is 2.46. The van der Waals surface area contributed by atoms with Crippen LogP contribution in [-0.4, -0.2) is 114 Å². The number of rotatable bonds is 10. The van der Waals surface area contributed by atoms with E-state index in [0.717, 1.165) is 67.3 Å².